The SMILES string of the molecule is Cc1cnc(Nc2cnn(CC(F)F)c2)nc1NC[C@H]1CCN(C(=O)CCC#N)C1. The molecule has 2 aromatic heterocycles. The lowest BCUT2D eigenvalue weighted by molar-refractivity contribution is -0.130. The Hall–Kier alpha value is -3.29. The van der Waals surface area contributed by atoms with Crippen LogP contribution in [0.4, 0.5) is 26.2 Å². The summed E-state index contributed by atoms with van der Waals surface area (Å²) in [7, 11) is 0. The highest BCUT2D eigenvalue weighted by Crippen LogP contribution is 2.21. The fraction of sp³-hybridized carbons (Fsp3) is 0.526. The molecule has 1 atom stereocenters. The molecular formula is C19H24F2N8O. The summed E-state index contributed by atoms with van der Waals surface area (Å²) in [4.78, 5) is 22.5. The van der Waals surface area contributed by atoms with E-state index in [4.69, 9.17) is 5.26 Å². The van der Waals surface area contributed by atoms with Gasteiger partial charge in [0.2, 0.25) is 11.9 Å². The van der Waals surface area contributed by atoms with Crippen molar-refractivity contribution in [2.24, 2.45) is 5.92 Å². The van der Waals surface area contributed by atoms with E-state index in [1.54, 1.807) is 11.1 Å². The molecule has 3 heterocycles. The number of carbonyl (C=O) groups excluding carboxylic acids is 1. The molecule has 0 aromatic carbocycles. The van der Waals surface area contributed by atoms with Crippen LogP contribution in [0.1, 0.15) is 24.8 Å². The highest BCUT2D eigenvalue weighted by molar-refractivity contribution is 5.76. The van der Waals surface area contributed by atoms with Crippen molar-refractivity contribution < 1.29 is 13.6 Å². The number of anilines is 3. The van der Waals surface area contributed by atoms with Crippen LogP contribution >= 0.6 is 0 Å². The number of halogens is 2. The normalized spacial score (nSPS) is 16.0. The van der Waals surface area contributed by atoms with Crippen LogP contribution in [-0.4, -0.2) is 56.6 Å². The number of alkyl halides is 2. The maximum Gasteiger partial charge on any atom is 0.257 e. The number of nitriles is 1. The lowest BCUT2D eigenvalue weighted by atomic mass is 10.1. The van der Waals surface area contributed by atoms with E-state index in [1.807, 2.05) is 13.0 Å². The Kier molecular flexibility index (Phi) is 7.11. The van der Waals surface area contributed by atoms with Crippen molar-refractivity contribution in [2.45, 2.75) is 39.2 Å². The maximum absolute atomic E-state index is 12.4. The molecule has 9 nitrogen and oxygen atoms in total. The van der Waals surface area contributed by atoms with Gasteiger partial charge in [-0.25, -0.2) is 13.8 Å². The second kappa shape index (κ2) is 9.96. The third-order valence-corrected chi connectivity index (χ3v) is 4.83. The molecule has 2 aromatic rings. The first-order chi connectivity index (χ1) is 14.4. The number of carbonyl (C=O) groups is 1. The molecule has 2 N–H and O–H groups in total. The molecule has 1 amide bonds. The summed E-state index contributed by atoms with van der Waals surface area (Å²) in [5, 5.41) is 18.8. The minimum Gasteiger partial charge on any atom is -0.369 e. The Morgan fingerprint density at radius 2 is 2.27 bits per heavy atom. The van der Waals surface area contributed by atoms with Gasteiger partial charge in [0.15, 0.2) is 0 Å². The number of rotatable bonds is 9. The minimum atomic E-state index is -2.47. The summed E-state index contributed by atoms with van der Waals surface area (Å²) in [6.45, 7) is 3.44. The van der Waals surface area contributed by atoms with Gasteiger partial charge in [-0.3, -0.25) is 9.48 Å². The Morgan fingerprint density at radius 3 is 3.03 bits per heavy atom. The van der Waals surface area contributed by atoms with Crippen LogP contribution in [0.2, 0.25) is 0 Å². The van der Waals surface area contributed by atoms with Gasteiger partial charge in [-0.2, -0.15) is 15.3 Å². The van der Waals surface area contributed by atoms with Crippen molar-refractivity contribution in [3.8, 4) is 6.07 Å². The topological polar surface area (TPSA) is 112 Å². The summed E-state index contributed by atoms with van der Waals surface area (Å²) < 4.78 is 26.0. The molecular weight excluding hydrogens is 394 g/mol. The van der Waals surface area contributed by atoms with Gasteiger partial charge in [0, 0.05) is 50.4 Å². The van der Waals surface area contributed by atoms with Gasteiger partial charge in [-0.05, 0) is 19.3 Å². The molecule has 30 heavy (non-hydrogen) atoms. The van der Waals surface area contributed by atoms with Crippen molar-refractivity contribution in [1.82, 2.24) is 24.6 Å². The summed E-state index contributed by atoms with van der Waals surface area (Å²) >= 11 is 0. The van der Waals surface area contributed by atoms with Gasteiger partial charge in [-0.1, -0.05) is 0 Å². The van der Waals surface area contributed by atoms with Crippen LogP contribution < -0.4 is 10.6 Å². The molecule has 1 aliphatic heterocycles. The molecule has 1 saturated heterocycles. The predicted molar refractivity (Wildman–Crippen MR) is 106 cm³/mol. The second-order valence-electron chi connectivity index (χ2n) is 7.23. The summed E-state index contributed by atoms with van der Waals surface area (Å²) in [5.41, 5.74) is 1.39. The zero-order valence-corrected chi connectivity index (χ0v) is 16.7. The van der Waals surface area contributed by atoms with Crippen LogP contribution in [0.3, 0.4) is 0 Å². The molecule has 1 fully saturated rings. The molecule has 0 spiro atoms. The van der Waals surface area contributed by atoms with Crippen LogP contribution in [0, 0.1) is 24.2 Å². The van der Waals surface area contributed by atoms with E-state index < -0.39 is 13.0 Å². The number of hydrogen-bond donors (Lipinski definition) is 2. The number of aryl methyl sites for hydroxylation is 1. The number of likely N-dealkylation sites (tertiary alicyclic amines) is 1. The molecule has 3 rings (SSSR count). The fourth-order valence-electron chi connectivity index (χ4n) is 3.27. The predicted octanol–water partition coefficient (Wildman–Crippen LogP) is 2.55. The lowest BCUT2D eigenvalue weighted by Gasteiger charge is -2.17. The molecule has 0 aliphatic carbocycles. The highest BCUT2D eigenvalue weighted by Gasteiger charge is 2.25. The third kappa shape index (κ3) is 5.85. The van der Waals surface area contributed by atoms with Crippen LogP contribution in [-0.2, 0) is 11.3 Å². The van der Waals surface area contributed by atoms with Crippen molar-refractivity contribution in [3.63, 3.8) is 0 Å². The molecule has 0 radical (unpaired) electrons. The number of amides is 1. The van der Waals surface area contributed by atoms with Crippen LogP contribution in [0.15, 0.2) is 18.6 Å². The van der Waals surface area contributed by atoms with E-state index in [0.717, 1.165) is 16.7 Å². The highest BCUT2D eigenvalue weighted by atomic mass is 19.3. The molecule has 0 saturated carbocycles. The average molecular weight is 418 g/mol. The van der Waals surface area contributed by atoms with E-state index >= 15 is 0 Å². The first kappa shape index (κ1) is 21.4. The van der Waals surface area contributed by atoms with Gasteiger partial charge in [0.25, 0.3) is 6.43 Å². The van der Waals surface area contributed by atoms with Crippen molar-refractivity contribution >= 4 is 23.4 Å². The molecule has 1 aliphatic rings. The Labute approximate surface area is 173 Å². The number of hydrogen-bond acceptors (Lipinski definition) is 7. The van der Waals surface area contributed by atoms with Crippen LogP contribution in [0.25, 0.3) is 0 Å². The van der Waals surface area contributed by atoms with Crippen molar-refractivity contribution in [1.29, 1.82) is 5.26 Å². The quantitative estimate of drug-likeness (QED) is 0.644. The first-order valence-corrected chi connectivity index (χ1v) is 9.74. The van der Waals surface area contributed by atoms with Crippen LogP contribution in [0.5, 0.6) is 0 Å². The fourth-order valence-corrected chi connectivity index (χ4v) is 3.27. The van der Waals surface area contributed by atoms with E-state index in [9.17, 15) is 13.6 Å². The van der Waals surface area contributed by atoms with Crippen molar-refractivity contribution in [2.75, 3.05) is 30.3 Å². The lowest BCUT2D eigenvalue weighted by Crippen LogP contribution is -2.29. The van der Waals surface area contributed by atoms with Gasteiger partial charge in [-0.15, -0.1) is 0 Å². The summed E-state index contributed by atoms with van der Waals surface area (Å²) in [5.74, 6) is 1.33. The summed E-state index contributed by atoms with van der Waals surface area (Å²) in [6, 6.07) is 2.00. The smallest absolute Gasteiger partial charge is 0.257 e. The van der Waals surface area contributed by atoms with Gasteiger partial charge >= 0.3 is 0 Å². The maximum atomic E-state index is 12.4. The summed E-state index contributed by atoms with van der Waals surface area (Å²) in [6.07, 6.45) is 3.52. The molecule has 0 unspecified atom stereocenters. The Balaban J connectivity index is 1.54. The zero-order valence-electron chi connectivity index (χ0n) is 16.7. The number of nitrogens with one attached hydrogen (secondary N) is 2. The van der Waals surface area contributed by atoms with Gasteiger partial charge in [0.05, 0.1) is 18.0 Å². The van der Waals surface area contributed by atoms with Gasteiger partial charge < -0.3 is 15.5 Å². The van der Waals surface area contributed by atoms with E-state index in [0.29, 0.717) is 43.0 Å². The second-order valence-corrected chi connectivity index (χ2v) is 7.23. The van der Waals surface area contributed by atoms with Gasteiger partial charge in [0.1, 0.15) is 12.4 Å². The Bertz CT molecular complexity index is 910. The van der Waals surface area contributed by atoms with E-state index in [-0.39, 0.29) is 18.7 Å². The molecule has 160 valence electrons. The monoisotopic (exact) mass is 418 g/mol. The van der Waals surface area contributed by atoms with Crippen molar-refractivity contribution in [3.05, 3.63) is 24.2 Å². The molecule has 0 bridgehead atoms. The third-order valence-electron chi connectivity index (χ3n) is 4.83. The average Bonchev–Trinajstić information content (AvgIpc) is 3.35. The zero-order chi connectivity index (χ0) is 21.5. The first-order valence-electron chi connectivity index (χ1n) is 9.74. The largest absolute Gasteiger partial charge is 0.369 e. The Morgan fingerprint density at radius 1 is 1.43 bits per heavy atom. The number of aromatic nitrogens is 4. The standard InChI is InChI=1S/C19H24F2N8O/c1-13-7-24-19(26-15-9-25-29(11-15)12-16(20)21)27-18(13)23-8-14-4-6-28(10-14)17(30)3-2-5-22/h7,9,11,14,16H,2-4,6,8,10,12H2,1H3,(H2,23,24,26,27)/t14-/m1/s1. The van der Waals surface area contributed by atoms with E-state index in [1.165, 1.54) is 12.4 Å². The number of nitrogens with zero attached hydrogens (tertiary/aromatic N) is 6. The molecule has 11 heteroatoms. The van der Waals surface area contributed by atoms with E-state index in [2.05, 4.69) is 25.7 Å². The minimum absolute atomic E-state index is 0.0242.